The summed E-state index contributed by atoms with van der Waals surface area (Å²) in [5.41, 5.74) is 13.2. The highest BCUT2D eigenvalue weighted by atomic mass is 32.1. The first-order valence-corrected chi connectivity index (χ1v) is 12.6. The molecule has 0 aliphatic carbocycles. The molecule has 10 nitrogen and oxygen atoms in total. The summed E-state index contributed by atoms with van der Waals surface area (Å²) >= 11 is 0.756. The first-order chi connectivity index (χ1) is 17.8. The number of nitrogen functional groups attached to an aromatic ring is 1. The second-order valence-electron chi connectivity index (χ2n) is 8.71. The number of carbonyl (C=O) groups excluding carboxylic acids is 3. The van der Waals surface area contributed by atoms with Crippen molar-refractivity contribution < 1.29 is 23.9 Å². The van der Waals surface area contributed by atoms with Gasteiger partial charge < -0.3 is 26.3 Å². The van der Waals surface area contributed by atoms with Crippen LogP contribution in [-0.4, -0.2) is 48.5 Å². The van der Waals surface area contributed by atoms with E-state index in [2.05, 4.69) is 9.69 Å². The van der Waals surface area contributed by atoms with Crippen LogP contribution in [0.15, 0.2) is 48.5 Å². The average molecular weight is 524 g/mol. The van der Waals surface area contributed by atoms with Crippen LogP contribution in [0.5, 0.6) is 5.75 Å². The Morgan fingerprint density at radius 1 is 1.24 bits per heavy atom. The molecule has 0 spiro atoms. The number of amides is 3. The maximum absolute atomic E-state index is 14.1. The highest BCUT2D eigenvalue weighted by Gasteiger charge is 2.36. The number of nitrogens with one attached hydrogen (secondary N) is 1. The maximum Gasteiger partial charge on any atom is 0.273 e. The number of aryl methyl sites for hydroxylation is 1. The van der Waals surface area contributed by atoms with Crippen LogP contribution in [0.25, 0.3) is 0 Å². The van der Waals surface area contributed by atoms with E-state index in [1.807, 2.05) is 19.1 Å². The number of nitrogens with zero attached hydrogens (tertiary/aromatic N) is 2. The van der Waals surface area contributed by atoms with E-state index in [-0.39, 0.29) is 22.4 Å². The zero-order valence-corrected chi connectivity index (χ0v) is 21.4. The standard InChI is InChI=1S/C26H29N5O5S/c1-15-8-10-16(11-9-15)22(25(33)29-14-19-7-4-12-36-19)31(17-5-3-6-18(13-17)35-2)26(34)23-20(27)21(24(28)32)30-37-23/h3,5-6,8-11,13,19,22H,4,7,12,14,27H2,1-2H3,(H2,28,32)(H,29,33)/t19-,22-/m1/s1. The summed E-state index contributed by atoms with van der Waals surface area (Å²) in [5.74, 6) is -1.35. The lowest BCUT2D eigenvalue weighted by atomic mass is 10.0. The fourth-order valence-electron chi connectivity index (χ4n) is 4.17. The van der Waals surface area contributed by atoms with Crippen LogP contribution in [0.3, 0.4) is 0 Å². The number of hydrogen-bond acceptors (Lipinski definition) is 8. The molecule has 5 N–H and O–H groups in total. The summed E-state index contributed by atoms with van der Waals surface area (Å²) in [6, 6.07) is 13.1. The second-order valence-corrected chi connectivity index (χ2v) is 9.48. The number of benzene rings is 2. The SMILES string of the molecule is COc1cccc(N(C(=O)c2snc(C(N)=O)c2N)[C@@H](C(=O)NC[C@H]2CCCO2)c2ccc(C)cc2)c1. The van der Waals surface area contributed by atoms with Gasteiger partial charge in [0.2, 0.25) is 5.91 Å². The molecule has 1 aliphatic rings. The van der Waals surface area contributed by atoms with E-state index < -0.39 is 23.8 Å². The summed E-state index contributed by atoms with van der Waals surface area (Å²) in [6.45, 7) is 2.91. The monoisotopic (exact) mass is 523 g/mol. The van der Waals surface area contributed by atoms with E-state index >= 15 is 0 Å². The van der Waals surface area contributed by atoms with Gasteiger partial charge in [0.05, 0.1) is 18.9 Å². The van der Waals surface area contributed by atoms with E-state index in [1.165, 1.54) is 12.0 Å². The van der Waals surface area contributed by atoms with Crippen molar-refractivity contribution in [1.29, 1.82) is 0 Å². The summed E-state index contributed by atoms with van der Waals surface area (Å²) in [6.07, 6.45) is 1.70. The number of hydrogen-bond donors (Lipinski definition) is 3. The number of carbonyl (C=O) groups is 3. The van der Waals surface area contributed by atoms with E-state index in [4.69, 9.17) is 20.9 Å². The molecule has 194 valence electrons. The predicted octanol–water partition coefficient (Wildman–Crippen LogP) is 2.82. The molecule has 37 heavy (non-hydrogen) atoms. The lowest BCUT2D eigenvalue weighted by Gasteiger charge is -2.32. The van der Waals surface area contributed by atoms with Crippen molar-refractivity contribution >= 4 is 40.6 Å². The van der Waals surface area contributed by atoms with Gasteiger partial charge in [-0.25, -0.2) is 0 Å². The van der Waals surface area contributed by atoms with Crippen molar-refractivity contribution in [1.82, 2.24) is 9.69 Å². The summed E-state index contributed by atoms with van der Waals surface area (Å²) in [4.78, 5) is 40.9. The van der Waals surface area contributed by atoms with Crippen molar-refractivity contribution in [2.24, 2.45) is 5.73 Å². The van der Waals surface area contributed by atoms with Gasteiger partial charge >= 0.3 is 0 Å². The molecule has 0 unspecified atom stereocenters. The molecule has 1 aromatic heterocycles. The number of rotatable bonds is 9. The Morgan fingerprint density at radius 3 is 2.62 bits per heavy atom. The van der Waals surface area contributed by atoms with Crippen molar-refractivity contribution in [2.75, 3.05) is 30.9 Å². The minimum Gasteiger partial charge on any atom is -0.497 e. The Hall–Kier alpha value is -3.96. The molecule has 1 aliphatic heterocycles. The van der Waals surface area contributed by atoms with Gasteiger partial charge in [0.15, 0.2) is 5.69 Å². The zero-order valence-electron chi connectivity index (χ0n) is 20.6. The van der Waals surface area contributed by atoms with Crippen LogP contribution in [-0.2, 0) is 9.53 Å². The van der Waals surface area contributed by atoms with Crippen molar-refractivity contribution in [3.8, 4) is 5.75 Å². The highest BCUT2D eigenvalue weighted by Crippen LogP contribution is 2.34. The van der Waals surface area contributed by atoms with Crippen LogP contribution in [0, 0.1) is 6.92 Å². The van der Waals surface area contributed by atoms with E-state index in [0.29, 0.717) is 30.2 Å². The number of primary amides is 1. The third-order valence-corrected chi connectivity index (χ3v) is 6.98. The first kappa shape index (κ1) is 26.1. The molecule has 11 heteroatoms. The minimum absolute atomic E-state index is 0.000609. The minimum atomic E-state index is -1.07. The molecular formula is C26H29N5O5S. The molecule has 2 heterocycles. The molecule has 0 saturated carbocycles. The first-order valence-electron chi connectivity index (χ1n) is 11.8. The molecule has 3 amide bonds. The zero-order chi connectivity index (χ0) is 26.5. The normalized spacial score (nSPS) is 15.7. The van der Waals surface area contributed by atoms with E-state index in [9.17, 15) is 14.4 Å². The number of aromatic nitrogens is 1. The highest BCUT2D eigenvalue weighted by molar-refractivity contribution is 7.09. The molecular weight excluding hydrogens is 494 g/mol. The topological polar surface area (TPSA) is 150 Å². The van der Waals surface area contributed by atoms with Crippen molar-refractivity contribution in [3.05, 3.63) is 70.2 Å². The molecule has 1 fully saturated rings. The Bertz CT molecular complexity index is 1290. The Kier molecular flexibility index (Phi) is 8.04. The number of ether oxygens (including phenoxy) is 2. The maximum atomic E-state index is 14.1. The molecule has 4 rings (SSSR count). The summed E-state index contributed by atoms with van der Waals surface area (Å²) < 4.78 is 15.0. The lowest BCUT2D eigenvalue weighted by molar-refractivity contribution is -0.123. The molecule has 1 saturated heterocycles. The Labute approximate surface area is 218 Å². The number of nitrogens with two attached hydrogens (primary N) is 2. The predicted molar refractivity (Wildman–Crippen MR) is 141 cm³/mol. The molecule has 2 aromatic carbocycles. The largest absolute Gasteiger partial charge is 0.497 e. The summed E-state index contributed by atoms with van der Waals surface area (Å²) in [5, 5.41) is 2.95. The summed E-state index contributed by atoms with van der Waals surface area (Å²) in [7, 11) is 1.51. The smallest absolute Gasteiger partial charge is 0.273 e. The third-order valence-electron chi connectivity index (χ3n) is 6.13. The van der Waals surface area contributed by atoms with Crippen LogP contribution < -0.4 is 26.4 Å². The fourth-order valence-corrected chi connectivity index (χ4v) is 4.91. The second kappa shape index (κ2) is 11.4. The average Bonchev–Trinajstić information content (AvgIpc) is 3.56. The van der Waals surface area contributed by atoms with Crippen molar-refractivity contribution in [2.45, 2.75) is 31.9 Å². The Morgan fingerprint density at radius 2 is 2.00 bits per heavy atom. The number of methoxy groups -OCH3 is 1. The quantitative estimate of drug-likeness (QED) is 0.390. The van der Waals surface area contributed by atoms with Crippen LogP contribution in [0.4, 0.5) is 11.4 Å². The van der Waals surface area contributed by atoms with Gasteiger partial charge in [-0.3, -0.25) is 19.3 Å². The van der Waals surface area contributed by atoms with Gasteiger partial charge in [0, 0.05) is 24.9 Å². The van der Waals surface area contributed by atoms with E-state index in [0.717, 1.165) is 29.9 Å². The van der Waals surface area contributed by atoms with Crippen LogP contribution in [0.2, 0.25) is 0 Å². The van der Waals surface area contributed by atoms with Gasteiger partial charge in [-0.05, 0) is 49.0 Å². The van der Waals surface area contributed by atoms with Crippen molar-refractivity contribution in [3.63, 3.8) is 0 Å². The van der Waals surface area contributed by atoms with E-state index in [1.54, 1.807) is 36.4 Å². The Balaban J connectivity index is 1.82. The van der Waals surface area contributed by atoms with Gasteiger partial charge in [0.25, 0.3) is 11.8 Å². The molecule has 0 radical (unpaired) electrons. The molecule has 0 bridgehead atoms. The van der Waals surface area contributed by atoms with Crippen LogP contribution in [0.1, 0.15) is 50.2 Å². The van der Waals surface area contributed by atoms with Gasteiger partial charge in [-0.15, -0.1) is 0 Å². The lowest BCUT2D eigenvalue weighted by Crippen LogP contribution is -2.45. The molecule has 2 atom stereocenters. The number of anilines is 2. The van der Waals surface area contributed by atoms with Gasteiger partial charge in [-0.2, -0.15) is 4.37 Å². The fraction of sp³-hybridized carbons (Fsp3) is 0.308. The third kappa shape index (κ3) is 5.73. The molecule has 3 aromatic rings. The van der Waals surface area contributed by atoms with Gasteiger partial charge in [0.1, 0.15) is 16.7 Å². The van der Waals surface area contributed by atoms with Gasteiger partial charge in [-0.1, -0.05) is 35.9 Å². The van der Waals surface area contributed by atoms with Crippen LogP contribution >= 0.6 is 11.5 Å².